The predicted octanol–water partition coefficient (Wildman–Crippen LogP) is 4.07. The van der Waals surface area contributed by atoms with E-state index in [0.717, 1.165) is 22.1 Å². The van der Waals surface area contributed by atoms with E-state index in [4.69, 9.17) is 19.5 Å². The van der Waals surface area contributed by atoms with Gasteiger partial charge in [0.25, 0.3) is 0 Å². The van der Waals surface area contributed by atoms with Crippen molar-refractivity contribution in [1.29, 1.82) is 0 Å². The average molecular weight is 323 g/mol. The molecule has 0 amide bonds. The van der Waals surface area contributed by atoms with E-state index in [1.165, 1.54) is 0 Å². The lowest BCUT2D eigenvalue weighted by Gasteiger charge is -2.23. The van der Waals surface area contributed by atoms with Crippen LogP contribution in [0.15, 0.2) is 36.4 Å². The lowest BCUT2D eigenvalue weighted by Crippen LogP contribution is -2.15. The van der Waals surface area contributed by atoms with Crippen LogP contribution in [0.3, 0.4) is 0 Å². The third-order valence-electron chi connectivity index (χ3n) is 3.37. The first-order chi connectivity index (χ1) is 10.5. The molecule has 0 spiro atoms. The topological polar surface area (TPSA) is 70.8 Å². The van der Waals surface area contributed by atoms with Crippen molar-refractivity contribution in [1.82, 2.24) is 0 Å². The number of hydrogen-bond acceptors (Lipinski definition) is 5. The van der Waals surface area contributed by atoms with Gasteiger partial charge in [0.05, 0.1) is 20.3 Å². The SMILES string of the molecule is CCOP(=O)(OCC)[C@@H](N)c1ccc2cc(OC)ccc2c1. The molecule has 2 rings (SSSR count). The number of rotatable bonds is 7. The number of methoxy groups -OCH3 is 1. The van der Waals surface area contributed by atoms with Gasteiger partial charge in [0.15, 0.2) is 0 Å². The van der Waals surface area contributed by atoms with Crippen molar-refractivity contribution < 1.29 is 18.3 Å². The Morgan fingerprint density at radius 1 is 1.05 bits per heavy atom. The largest absolute Gasteiger partial charge is 0.497 e. The van der Waals surface area contributed by atoms with E-state index in [9.17, 15) is 4.57 Å². The summed E-state index contributed by atoms with van der Waals surface area (Å²) in [5.74, 6) is -0.0160. The zero-order chi connectivity index (χ0) is 16.2. The van der Waals surface area contributed by atoms with Crippen LogP contribution in [-0.2, 0) is 13.6 Å². The summed E-state index contributed by atoms with van der Waals surface area (Å²) in [6, 6.07) is 11.4. The second kappa shape index (κ2) is 7.25. The zero-order valence-corrected chi connectivity index (χ0v) is 14.0. The van der Waals surface area contributed by atoms with Crippen LogP contribution in [0.5, 0.6) is 5.75 Å². The molecule has 5 nitrogen and oxygen atoms in total. The Bertz CT molecular complexity index is 679. The van der Waals surface area contributed by atoms with Crippen LogP contribution in [0.2, 0.25) is 0 Å². The summed E-state index contributed by atoms with van der Waals surface area (Å²) in [4.78, 5) is 0. The van der Waals surface area contributed by atoms with Crippen molar-refractivity contribution in [3.05, 3.63) is 42.0 Å². The second-order valence-electron chi connectivity index (χ2n) is 4.79. The molecule has 2 N–H and O–H groups in total. The van der Waals surface area contributed by atoms with Gasteiger partial charge in [0, 0.05) is 0 Å². The van der Waals surface area contributed by atoms with Crippen LogP contribution in [0, 0.1) is 0 Å². The number of ether oxygens (including phenoxy) is 1. The lowest BCUT2D eigenvalue weighted by atomic mass is 10.1. The van der Waals surface area contributed by atoms with Gasteiger partial charge in [-0.15, -0.1) is 0 Å². The summed E-state index contributed by atoms with van der Waals surface area (Å²) < 4.78 is 28.6. The highest BCUT2D eigenvalue weighted by Gasteiger charge is 2.33. The quantitative estimate of drug-likeness (QED) is 0.778. The van der Waals surface area contributed by atoms with Gasteiger partial charge in [0.2, 0.25) is 0 Å². The highest BCUT2D eigenvalue weighted by atomic mass is 31.2. The Balaban J connectivity index is 2.38. The maximum atomic E-state index is 12.8. The molecule has 0 aliphatic carbocycles. The minimum Gasteiger partial charge on any atom is -0.497 e. The van der Waals surface area contributed by atoms with Crippen molar-refractivity contribution in [2.24, 2.45) is 5.73 Å². The zero-order valence-electron chi connectivity index (χ0n) is 13.1. The molecule has 120 valence electrons. The summed E-state index contributed by atoms with van der Waals surface area (Å²) in [5, 5.41) is 2.02. The van der Waals surface area contributed by atoms with E-state index in [1.54, 1.807) is 21.0 Å². The summed E-state index contributed by atoms with van der Waals surface area (Å²) in [5.41, 5.74) is 6.88. The van der Waals surface area contributed by atoms with E-state index in [0.29, 0.717) is 0 Å². The minimum absolute atomic E-state index is 0.287. The van der Waals surface area contributed by atoms with Gasteiger partial charge in [0.1, 0.15) is 11.5 Å². The van der Waals surface area contributed by atoms with Gasteiger partial charge < -0.3 is 19.5 Å². The van der Waals surface area contributed by atoms with Crippen LogP contribution < -0.4 is 10.5 Å². The van der Waals surface area contributed by atoms with Crippen molar-refractivity contribution in [2.45, 2.75) is 19.6 Å². The standard InChI is InChI=1S/C16H22NO4P/c1-4-20-22(18,21-5-2)16(17)14-7-6-13-11-15(19-3)9-8-12(13)10-14/h6-11,16H,4-5,17H2,1-3H3/t16-/m1/s1. The third-order valence-corrected chi connectivity index (χ3v) is 5.59. The highest BCUT2D eigenvalue weighted by molar-refractivity contribution is 7.54. The molecule has 0 fully saturated rings. The van der Waals surface area contributed by atoms with E-state index in [2.05, 4.69) is 0 Å². The van der Waals surface area contributed by atoms with Crippen LogP contribution in [0.1, 0.15) is 25.2 Å². The highest BCUT2D eigenvalue weighted by Crippen LogP contribution is 2.58. The molecular weight excluding hydrogens is 301 g/mol. The fraction of sp³-hybridized carbons (Fsp3) is 0.375. The van der Waals surface area contributed by atoms with Gasteiger partial charge >= 0.3 is 7.60 Å². The molecule has 0 saturated carbocycles. The Kier molecular flexibility index (Phi) is 5.59. The van der Waals surface area contributed by atoms with Crippen LogP contribution in [0.4, 0.5) is 0 Å². The van der Waals surface area contributed by atoms with Crippen molar-refractivity contribution in [2.75, 3.05) is 20.3 Å². The second-order valence-corrected chi connectivity index (χ2v) is 6.95. The monoisotopic (exact) mass is 323 g/mol. The smallest absolute Gasteiger partial charge is 0.351 e. The van der Waals surface area contributed by atoms with Gasteiger partial charge in [-0.25, -0.2) is 0 Å². The van der Waals surface area contributed by atoms with Gasteiger partial charge in [-0.3, -0.25) is 4.57 Å². The number of hydrogen-bond donors (Lipinski definition) is 1. The average Bonchev–Trinajstić information content (AvgIpc) is 2.53. The first-order valence-electron chi connectivity index (χ1n) is 7.26. The first kappa shape index (κ1) is 17.0. The molecule has 0 heterocycles. The molecule has 2 aromatic carbocycles. The summed E-state index contributed by atoms with van der Waals surface area (Å²) in [6.45, 7) is 4.11. The number of benzene rings is 2. The maximum Gasteiger partial charge on any atom is 0.351 e. The van der Waals surface area contributed by atoms with Gasteiger partial charge in [-0.05, 0) is 48.4 Å². The molecule has 2 aromatic rings. The molecule has 0 saturated heterocycles. The number of nitrogens with two attached hydrogens (primary N) is 1. The Morgan fingerprint density at radius 2 is 1.64 bits per heavy atom. The van der Waals surface area contributed by atoms with Gasteiger partial charge in [-0.2, -0.15) is 0 Å². The van der Waals surface area contributed by atoms with Crippen LogP contribution >= 0.6 is 7.60 Å². The minimum atomic E-state index is -3.37. The molecular formula is C16H22NO4P. The molecule has 22 heavy (non-hydrogen) atoms. The molecule has 6 heteroatoms. The van der Waals surface area contributed by atoms with Crippen molar-refractivity contribution >= 4 is 18.4 Å². The van der Waals surface area contributed by atoms with Crippen LogP contribution in [-0.4, -0.2) is 20.3 Å². The summed E-state index contributed by atoms with van der Waals surface area (Å²) in [6.07, 6.45) is 0. The summed E-state index contributed by atoms with van der Waals surface area (Å²) >= 11 is 0. The fourth-order valence-electron chi connectivity index (χ4n) is 2.29. The molecule has 0 bridgehead atoms. The molecule has 1 atom stereocenters. The van der Waals surface area contributed by atoms with Crippen molar-refractivity contribution in [3.8, 4) is 5.75 Å². The normalized spacial score (nSPS) is 13.3. The van der Waals surface area contributed by atoms with E-state index < -0.39 is 13.4 Å². The Hall–Kier alpha value is -1.39. The lowest BCUT2D eigenvalue weighted by molar-refractivity contribution is 0.212. The van der Waals surface area contributed by atoms with Crippen molar-refractivity contribution in [3.63, 3.8) is 0 Å². The third kappa shape index (κ3) is 3.50. The first-order valence-corrected chi connectivity index (χ1v) is 8.87. The maximum absolute atomic E-state index is 12.8. The van der Waals surface area contributed by atoms with Gasteiger partial charge in [-0.1, -0.05) is 18.2 Å². The Labute approximate surface area is 130 Å². The van der Waals surface area contributed by atoms with Crippen LogP contribution in [0.25, 0.3) is 10.8 Å². The predicted molar refractivity (Wildman–Crippen MR) is 88.3 cm³/mol. The molecule has 0 aromatic heterocycles. The van der Waals surface area contributed by atoms with E-state index in [1.807, 2.05) is 36.4 Å². The Morgan fingerprint density at radius 3 is 2.23 bits per heavy atom. The molecule has 0 radical (unpaired) electrons. The van der Waals surface area contributed by atoms with E-state index >= 15 is 0 Å². The number of fused-ring (bicyclic) bond motifs is 1. The fourth-order valence-corrected chi connectivity index (χ4v) is 3.93. The molecule has 0 aliphatic rings. The summed E-state index contributed by atoms with van der Waals surface area (Å²) in [7, 11) is -1.74. The van der Waals surface area contributed by atoms with E-state index in [-0.39, 0.29) is 13.2 Å². The molecule has 0 unspecified atom stereocenters. The molecule has 0 aliphatic heterocycles.